The molecule has 1 N–H and O–H groups in total. The molecule has 1 aromatic heterocycles. The maximum Gasteiger partial charge on any atom is 0.279 e. The molecule has 0 amide bonds. The van der Waals surface area contributed by atoms with Crippen molar-refractivity contribution in [3.05, 3.63) is 40.9 Å². The van der Waals surface area contributed by atoms with Crippen molar-refractivity contribution < 1.29 is 13.2 Å². The van der Waals surface area contributed by atoms with Crippen molar-refractivity contribution in [3.8, 4) is 10.6 Å². The molecular formula is C18H25N3O3S2. The molecule has 3 rings (SSSR count). The minimum atomic E-state index is -3.49. The number of benzene rings is 1. The molecule has 6 nitrogen and oxygen atoms in total. The Labute approximate surface area is 159 Å². The second-order valence-electron chi connectivity index (χ2n) is 6.73. The van der Waals surface area contributed by atoms with E-state index < -0.39 is 10.2 Å². The van der Waals surface area contributed by atoms with Gasteiger partial charge in [-0.15, -0.1) is 11.3 Å². The van der Waals surface area contributed by atoms with Crippen LogP contribution in [0.5, 0.6) is 0 Å². The first-order valence-corrected chi connectivity index (χ1v) is 11.1. The highest BCUT2D eigenvalue weighted by atomic mass is 32.2. The molecule has 2 atom stereocenters. The van der Waals surface area contributed by atoms with Crippen molar-refractivity contribution in [2.24, 2.45) is 0 Å². The minimum Gasteiger partial charge on any atom is -0.373 e. The third-order valence-corrected chi connectivity index (χ3v) is 6.73. The van der Waals surface area contributed by atoms with Gasteiger partial charge in [0.15, 0.2) is 0 Å². The van der Waals surface area contributed by atoms with Gasteiger partial charge in [0, 0.05) is 37.0 Å². The molecule has 142 valence electrons. The summed E-state index contributed by atoms with van der Waals surface area (Å²) in [7, 11) is -3.49. The molecule has 1 fully saturated rings. The van der Waals surface area contributed by atoms with E-state index in [-0.39, 0.29) is 12.2 Å². The van der Waals surface area contributed by atoms with Crippen LogP contribution in [-0.4, -0.2) is 49.5 Å². The number of ether oxygens (including phenoxy) is 1. The van der Waals surface area contributed by atoms with Crippen molar-refractivity contribution in [3.63, 3.8) is 0 Å². The molecule has 1 aliphatic heterocycles. The van der Waals surface area contributed by atoms with Gasteiger partial charge >= 0.3 is 0 Å². The van der Waals surface area contributed by atoms with E-state index in [2.05, 4.69) is 40.9 Å². The highest BCUT2D eigenvalue weighted by molar-refractivity contribution is 7.87. The standard InChI is InChI=1S/C18H25N3O3S2/c1-13-4-6-16(7-5-13)18-20-17(12-25-18)8-9-19-26(22,23)21-10-14(2)24-15(3)11-21/h4-7,12,14-15,19H,8-11H2,1-3H3/t14-,15-/m0/s1. The maximum absolute atomic E-state index is 12.5. The number of thiazole rings is 1. The fraction of sp³-hybridized carbons (Fsp3) is 0.500. The van der Waals surface area contributed by atoms with Crippen molar-refractivity contribution in [1.82, 2.24) is 14.0 Å². The van der Waals surface area contributed by atoms with Gasteiger partial charge in [0.1, 0.15) is 5.01 Å². The van der Waals surface area contributed by atoms with E-state index in [0.717, 1.165) is 16.3 Å². The summed E-state index contributed by atoms with van der Waals surface area (Å²) in [5.74, 6) is 0. The average Bonchev–Trinajstić information content (AvgIpc) is 3.03. The lowest BCUT2D eigenvalue weighted by atomic mass is 10.2. The van der Waals surface area contributed by atoms with Crippen LogP contribution in [0.2, 0.25) is 0 Å². The Hall–Kier alpha value is -1.32. The Kier molecular flexibility index (Phi) is 6.09. The number of aryl methyl sites for hydroxylation is 1. The van der Waals surface area contributed by atoms with Gasteiger partial charge < -0.3 is 4.74 Å². The fourth-order valence-electron chi connectivity index (χ4n) is 2.98. The number of aromatic nitrogens is 1. The van der Waals surface area contributed by atoms with Crippen LogP contribution in [0.25, 0.3) is 10.6 Å². The van der Waals surface area contributed by atoms with Crippen molar-refractivity contribution in [2.45, 2.75) is 39.4 Å². The van der Waals surface area contributed by atoms with E-state index >= 15 is 0 Å². The molecule has 8 heteroatoms. The SMILES string of the molecule is Cc1ccc(-c2nc(CCNS(=O)(=O)N3C[C@H](C)O[C@@H](C)C3)cs2)cc1. The van der Waals surface area contributed by atoms with Gasteiger partial charge in [-0.05, 0) is 20.8 Å². The van der Waals surface area contributed by atoms with Crippen LogP contribution < -0.4 is 4.72 Å². The monoisotopic (exact) mass is 395 g/mol. The van der Waals surface area contributed by atoms with E-state index in [9.17, 15) is 8.42 Å². The van der Waals surface area contributed by atoms with Gasteiger partial charge in [-0.2, -0.15) is 12.7 Å². The third kappa shape index (κ3) is 4.89. The summed E-state index contributed by atoms with van der Waals surface area (Å²) in [6.45, 7) is 6.93. The average molecular weight is 396 g/mol. The quantitative estimate of drug-likeness (QED) is 0.816. The molecule has 0 unspecified atom stereocenters. The number of nitrogens with zero attached hydrogens (tertiary/aromatic N) is 2. The van der Waals surface area contributed by atoms with Crippen LogP contribution in [0, 0.1) is 6.92 Å². The van der Waals surface area contributed by atoms with Crippen molar-refractivity contribution in [1.29, 1.82) is 0 Å². The second kappa shape index (κ2) is 8.14. The normalized spacial score (nSPS) is 21.8. The molecule has 26 heavy (non-hydrogen) atoms. The number of rotatable bonds is 6. The topological polar surface area (TPSA) is 71.5 Å². The Morgan fingerprint density at radius 3 is 2.54 bits per heavy atom. The lowest BCUT2D eigenvalue weighted by molar-refractivity contribution is -0.0443. The zero-order valence-corrected chi connectivity index (χ0v) is 16.9. The van der Waals surface area contributed by atoms with Crippen LogP contribution in [0.3, 0.4) is 0 Å². The first kappa shape index (κ1) is 19.4. The Morgan fingerprint density at radius 2 is 1.88 bits per heavy atom. The van der Waals surface area contributed by atoms with Crippen LogP contribution in [-0.2, 0) is 21.4 Å². The molecule has 0 spiro atoms. The lowest BCUT2D eigenvalue weighted by Crippen LogP contribution is -2.52. The van der Waals surface area contributed by atoms with Crippen molar-refractivity contribution in [2.75, 3.05) is 19.6 Å². The number of hydrogen-bond acceptors (Lipinski definition) is 5. The van der Waals surface area contributed by atoms with E-state index in [1.54, 1.807) is 11.3 Å². The molecule has 0 aliphatic carbocycles. The third-order valence-electron chi connectivity index (χ3n) is 4.24. The molecule has 2 heterocycles. The Bertz CT molecular complexity index is 824. The first-order chi connectivity index (χ1) is 12.3. The molecule has 0 radical (unpaired) electrons. The van der Waals surface area contributed by atoms with Crippen LogP contribution in [0.15, 0.2) is 29.6 Å². The Balaban J connectivity index is 1.55. The summed E-state index contributed by atoms with van der Waals surface area (Å²) >= 11 is 1.58. The van der Waals surface area contributed by atoms with Gasteiger partial charge in [-0.3, -0.25) is 0 Å². The van der Waals surface area contributed by atoms with E-state index in [0.29, 0.717) is 26.1 Å². The van der Waals surface area contributed by atoms with Crippen LogP contribution in [0.4, 0.5) is 0 Å². The van der Waals surface area contributed by atoms with Gasteiger partial charge in [-0.25, -0.2) is 9.71 Å². The van der Waals surface area contributed by atoms with E-state index in [1.807, 2.05) is 19.2 Å². The van der Waals surface area contributed by atoms with Gasteiger partial charge in [0.05, 0.1) is 17.9 Å². The van der Waals surface area contributed by atoms with E-state index in [4.69, 9.17) is 4.74 Å². The highest BCUT2D eigenvalue weighted by Crippen LogP contribution is 2.24. The van der Waals surface area contributed by atoms with Gasteiger partial charge in [-0.1, -0.05) is 29.8 Å². The zero-order chi connectivity index (χ0) is 18.7. The van der Waals surface area contributed by atoms with Gasteiger partial charge in [0.25, 0.3) is 10.2 Å². The molecule has 1 saturated heterocycles. The molecule has 0 bridgehead atoms. The maximum atomic E-state index is 12.5. The second-order valence-corrected chi connectivity index (χ2v) is 9.35. The molecule has 2 aromatic rings. The summed E-state index contributed by atoms with van der Waals surface area (Å²) in [5.41, 5.74) is 3.20. The zero-order valence-electron chi connectivity index (χ0n) is 15.3. The number of morpholine rings is 1. The first-order valence-electron chi connectivity index (χ1n) is 8.75. The molecule has 1 aromatic carbocycles. The highest BCUT2D eigenvalue weighted by Gasteiger charge is 2.30. The van der Waals surface area contributed by atoms with Crippen molar-refractivity contribution >= 4 is 21.5 Å². The molecule has 0 saturated carbocycles. The summed E-state index contributed by atoms with van der Waals surface area (Å²) in [5, 5.41) is 2.95. The molecule has 1 aliphatic rings. The van der Waals surface area contributed by atoms with Crippen LogP contribution >= 0.6 is 11.3 Å². The summed E-state index contributed by atoms with van der Waals surface area (Å²) in [6, 6.07) is 8.24. The van der Waals surface area contributed by atoms with E-state index in [1.165, 1.54) is 9.87 Å². The van der Waals surface area contributed by atoms with Gasteiger partial charge in [0.2, 0.25) is 0 Å². The Morgan fingerprint density at radius 1 is 1.23 bits per heavy atom. The largest absolute Gasteiger partial charge is 0.373 e. The minimum absolute atomic E-state index is 0.0917. The molecular weight excluding hydrogens is 370 g/mol. The predicted molar refractivity (Wildman–Crippen MR) is 104 cm³/mol. The number of nitrogens with one attached hydrogen (secondary N) is 1. The lowest BCUT2D eigenvalue weighted by Gasteiger charge is -2.34. The number of hydrogen-bond donors (Lipinski definition) is 1. The summed E-state index contributed by atoms with van der Waals surface area (Å²) in [6.07, 6.45) is 0.383. The smallest absolute Gasteiger partial charge is 0.279 e. The van der Waals surface area contributed by atoms with Crippen LogP contribution in [0.1, 0.15) is 25.1 Å². The predicted octanol–water partition coefficient (Wildman–Crippen LogP) is 2.60. The summed E-state index contributed by atoms with van der Waals surface area (Å²) in [4.78, 5) is 4.62. The fourth-order valence-corrected chi connectivity index (χ4v) is 5.19. The summed E-state index contributed by atoms with van der Waals surface area (Å²) < 4.78 is 34.7.